The lowest BCUT2D eigenvalue weighted by Crippen LogP contribution is -2.26. The number of hydrogen-bond acceptors (Lipinski definition) is 0. The predicted molar refractivity (Wildman–Crippen MR) is 96.9 cm³/mol. The first-order chi connectivity index (χ1) is 9.98. The fourth-order valence-corrected chi connectivity index (χ4v) is 9.29. The highest BCUT2D eigenvalue weighted by atomic mass is 31.1. The van der Waals surface area contributed by atoms with Crippen molar-refractivity contribution in [2.45, 2.75) is 51.1 Å². The maximum atomic E-state index is 2.51. The van der Waals surface area contributed by atoms with Gasteiger partial charge in [0, 0.05) is 19.0 Å². The summed E-state index contributed by atoms with van der Waals surface area (Å²) < 4.78 is 0. The molecule has 0 atom stereocenters. The van der Waals surface area contributed by atoms with E-state index in [1.54, 1.807) is 11.1 Å². The average Bonchev–Trinajstić information content (AvgIpc) is 2.70. The van der Waals surface area contributed by atoms with Crippen LogP contribution in [0.25, 0.3) is 11.1 Å². The molecule has 0 spiro atoms. The van der Waals surface area contributed by atoms with Crippen LogP contribution in [0.2, 0.25) is 0 Å². The molecule has 2 aromatic rings. The van der Waals surface area contributed by atoms with E-state index < -0.39 is 7.92 Å². The summed E-state index contributed by atoms with van der Waals surface area (Å²) in [5.74, 6) is 0. The second-order valence-electron chi connectivity index (χ2n) is 6.98. The van der Waals surface area contributed by atoms with Crippen molar-refractivity contribution in [2.75, 3.05) is 0 Å². The molecule has 0 N–H and O–H groups in total. The Bertz CT molecular complexity index is 601. The van der Waals surface area contributed by atoms with Crippen LogP contribution in [0.1, 0.15) is 45.7 Å². The molecule has 0 bridgehead atoms. The summed E-state index contributed by atoms with van der Waals surface area (Å²) in [6.45, 7) is 12.2. The maximum Gasteiger partial charge on any atom is 0.126 e. The molecule has 0 nitrogen and oxygen atoms in total. The molecule has 21 heavy (non-hydrogen) atoms. The monoisotopic (exact) mass is 297 g/mol. The molecule has 0 amide bonds. The summed E-state index contributed by atoms with van der Waals surface area (Å²) in [5.41, 5.74) is 7.56. The maximum absolute atomic E-state index is 2.51. The predicted octanol–water partition coefficient (Wildman–Crippen LogP) is 5.96. The summed E-state index contributed by atoms with van der Waals surface area (Å²) in [4.78, 5) is 0. The Morgan fingerprint density at radius 3 is 1.48 bits per heavy atom. The van der Waals surface area contributed by atoms with E-state index in [0.717, 1.165) is 11.3 Å². The molecule has 2 aromatic carbocycles. The smallest absolute Gasteiger partial charge is 0.0618 e. The zero-order valence-electron chi connectivity index (χ0n) is 13.8. The Morgan fingerprint density at radius 1 is 0.714 bits per heavy atom. The zero-order valence-corrected chi connectivity index (χ0v) is 14.8. The molecule has 0 aromatic heterocycles. The van der Waals surface area contributed by atoms with E-state index in [1.165, 1.54) is 11.1 Å². The van der Waals surface area contributed by atoms with E-state index in [9.17, 15) is 0 Å². The van der Waals surface area contributed by atoms with Crippen molar-refractivity contribution < 1.29 is 0 Å². The minimum Gasteiger partial charge on any atom is -0.0618 e. The Balaban J connectivity index is 2.31. The topological polar surface area (TPSA) is 0 Å². The van der Waals surface area contributed by atoms with Gasteiger partial charge in [0.15, 0.2) is 0 Å². The Hall–Kier alpha value is -1.13. The van der Waals surface area contributed by atoms with Crippen molar-refractivity contribution in [3.05, 3.63) is 59.7 Å². The van der Waals surface area contributed by atoms with Crippen molar-refractivity contribution in [3.8, 4) is 11.1 Å². The standard InChI is InChI=1S/C20H25P/c1-14(2)21(15(3)4)20(5)18-12-8-6-10-16(18)17-11-7-9-13-19(17)20/h6-15H,1-5H3/p+1. The van der Waals surface area contributed by atoms with Crippen LogP contribution >= 0.6 is 7.92 Å². The Labute approximate surface area is 130 Å². The van der Waals surface area contributed by atoms with Gasteiger partial charge in [-0.05, 0) is 45.7 Å². The Kier molecular flexibility index (Phi) is 3.70. The van der Waals surface area contributed by atoms with Gasteiger partial charge in [-0.1, -0.05) is 48.5 Å². The zero-order chi connectivity index (χ0) is 15.2. The van der Waals surface area contributed by atoms with Gasteiger partial charge in [-0.25, -0.2) is 0 Å². The molecule has 0 saturated carbocycles. The first kappa shape index (κ1) is 14.8. The highest BCUT2D eigenvalue weighted by Crippen LogP contribution is 2.69. The summed E-state index contributed by atoms with van der Waals surface area (Å²) >= 11 is 0. The van der Waals surface area contributed by atoms with E-state index in [4.69, 9.17) is 0 Å². The minimum absolute atomic E-state index is 0.222. The van der Waals surface area contributed by atoms with Crippen LogP contribution in [0.4, 0.5) is 0 Å². The van der Waals surface area contributed by atoms with Crippen LogP contribution < -0.4 is 0 Å². The molecule has 1 heteroatoms. The van der Waals surface area contributed by atoms with Crippen molar-refractivity contribution in [1.29, 1.82) is 0 Å². The molecule has 110 valence electrons. The van der Waals surface area contributed by atoms with Crippen molar-refractivity contribution in [1.82, 2.24) is 0 Å². The SMILES string of the molecule is CC(C)[PH+](C(C)C)C1(C)c2ccccc2-c2ccccc21. The van der Waals surface area contributed by atoms with Crippen molar-refractivity contribution in [3.63, 3.8) is 0 Å². The van der Waals surface area contributed by atoms with Crippen molar-refractivity contribution in [2.24, 2.45) is 0 Å². The molecular formula is C20H26P+. The van der Waals surface area contributed by atoms with Crippen LogP contribution in [-0.2, 0) is 5.16 Å². The van der Waals surface area contributed by atoms with Gasteiger partial charge in [0.05, 0.1) is 11.3 Å². The molecule has 3 rings (SSSR count). The number of fused-ring (bicyclic) bond motifs is 3. The molecule has 0 heterocycles. The average molecular weight is 297 g/mol. The van der Waals surface area contributed by atoms with Gasteiger partial charge in [-0.15, -0.1) is 0 Å². The van der Waals surface area contributed by atoms with E-state index in [0.29, 0.717) is 0 Å². The van der Waals surface area contributed by atoms with Crippen LogP contribution in [0.5, 0.6) is 0 Å². The summed E-state index contributed by atoms with van der Waals surface area (Å²) in [5, 5.41) is 0.222. The quantitative estimate of drug-likeness (QED) is 0.613. The lowest BCUT2D eigenvalue weighted by molar-refractivity contribution is 0.804. The Morgan fingerprint density at radius 2 is 1.10 bits per heavy atom. The van der Waals surface area contributed by atoms with Gasteiger partial charge < -0.3 is 0 Å². The lowest BCUT2D eigenvalue weighted by Gasteiger charge is -2.35. The van der Waals surface area contributed by atoms with Gasteiger partial charge in [-0.2, -0.15) is 0 Å². The van der Waals surface area contributed by atoms with E-state index in [1.807, 2.05) is 0 Å². The molecule has 1 aliphatic rings. The largest absolute Gasteiger partial charge is 0.126 e. The third kappa shape index (κ3) is 2.08. The third-order valence-corrected chi connectivity index (χ3v) is 9.22. The first-order valence-electron chi connectivity index (χ1n) is 8.04. The van der Waals surface area contributed by atoms with Gasteiger partial charge in [0.25, 0.3) is 0 Å². The number of rotatable bonds is 3. The number of hydrogen-bond donors (Lipinski definition) is 0. The molecule has 1 aliphatic carbocycles. The molecule has 0 aliphatic heterocycles. The van der Waals surface area contributed by atoms with Crippen molar-refractivity contribution >= 4 is 7.92 Å². The molecular weight excluding hydrogens is 271 g/mol. The lowest BCUT2D eigenvalue weighted by atomic mass is 9.98. The van der Waals surface area contributed by atoms with Crippen LogP contribution in [0.3, 0.4) is 0 Å². The summed E-state index contributed by atoms with van der Waals surface area (Å²) in [6, 6.07) is 18.1. The molecule has 0 radical (unpaired) electrons. The summed E-state index contributed by atoms with van der Waals surface area (Å²) in [7, 11) is -0.578. The van der Waals surface area contributed by atoms with Crippen LogP contribution in [-0.4, -0.2) is 11.3 Å². The number of benzene rings is 2. The van der Waals surface area contributed by atoms with Crippen LogP contribution in [0.15, 0.2) is 48.5 Å². The van der Waals surface area contributed by atoms with E-state index in [-0.39, 0.29) is 5.16 Å². The molecule has 0 saturated heterocycles. The minimum atomic E-state index is -0.578. The van der Waals surface area contributed by atoms with Gasteiger partial charge >= 0.3 is 0 Å². The van der Waals surface area contributed by atoms with Gasteiger partial charge in [-0.3, -0.25) is 0 Å². The second-order valence-corrected chi connectivity index (χ2v) is 11.2. The highest BCUT2D eigenvalue weighted by Gasteiger charge is 2.52. The molecule has 0 fully saturated rings. The van der Waals surface area contributed by atoms with Gasteiger partial charge in [0.1, 0.15) is 5.16 Å². The van der Waals surface area contributed by atoms with E-state index in [2.05, 4.69) is 83.1 Å². The second kappa shape index (κ2) is 5.25. The fraction of sp³-hybridized carbons (Fsp3) is 0.400. The highest BCUT2D eigenvalue weighted by molar-refractivity contribution is 7.60. The third-order valence-electron chi connectivity index (χ3n) is 5.04. The first-order valence-corrected chi connectivity index (χ1v) is 9.70. The van der Waals surface area contributed by atoms with Crippen LogP contribution in [0, 0.1) is 0 Å². The fourth-order valence-electron chi connectivity index (χ4n) is 4.59. The molecule has 0 unspecified atom stereocenters. The summed E-state index contributed by atoms with van der Waals surface area (Å²) in [6.07, 6.45) is 0. The van der Waals surface area contributed by atoms with E-state index >= 15 is 0 Å². The normalized spacial score (nSPS) is 15.6. The van der Waals surface area contributed by atoms with Gasteiger partial charge in [0.2, 0.25) is 0 Å².